The third kappa shape index (κ3) is 3.40. The van der Waals surface area contributed by atoms with Gasteiger partial charge in [-0.1, -0.05) is 42.5 Å². The summed E-state index contributed by atoms with van der Waals surface area (Å²) in [6.45, 7) is 1.27. The standard InChI is InChI=1S/C18H18N2O3/c21-15-8-4-7-14(11-15)16(22)12-20-10-9-19-18(23)17(20)13-5-2-1-3-6-13/h1-8,11,17,21H,9-10,12H2,(H,19,23). The van der Waals surface area contributed by atoms with Crippen LogP contribution < -0.4 is 5.32 Å². The quantitative estimate of drug-likeness (QED) is 0.844. The molecule has 1 fully saturated rings. The number of carbonyl (C=O) groups excluding carboxylic acids is 2. The van der Waals surface area contributed by atoms with Gasteiger partial charge in [-0.05, 0) is 17.7 Å². The Morgan fingerprint density at radius 3 is 2.70 bits per heavy atom. The molecule has 0 aromatic heterocycles. The second-order valence-electron chi connectivity index (χ2n) is 5.55. The molecule has 5 nitrogen and oxygen atoms in total. The minimum atomic E-state index is -0.466. The number of nitrogens with one attached hydrogen (secondary N) is 1. The smallest absolute Gasteiger partial charge is 0.242 e. The maximum atomic E-state index is 12.5. The van der Waals surface area contributed by atoms with E-state index in [1.807, 2.05) is 35.2 Å². The number of amides is 1. The summed E-state index contributed by atoms with van der Waals surface area (Å²) in [6, 6.07) is 15.3. The van der Waals surface area contributed by atoms with Gasteiger partial charge in [0, 0.05) is 18.7 Å². The monoisotopic (exact) mass is 310 g/mol. The van der Waals surface area contributed by atoms with Crippen molar-refractivity contribution in [3.05, 3.63) is 65.7 Å². The van der Waals surface area contributed by atoms with Crippen molar-refractivity contribution in [3.8, 4) is 5.75 Å². The molecule has 2 aromatic rings. The predicted octanol–water partition coefficient (Wildman–Crippen LogP) is 1.75. The molecule has 2 N–H and O–H groups in total. The molecule has 1 saturated heterocycles. The summed E-state index contributed by atoms with van der Waals surface area (Å²) in [4.78, 5) is 26.6. The second-order valence-corrected chi connectivity index (χ2v) is 5.55. The minimum absolute atomic E-state index is 0.0619. The number of carbonyl (C=O) groups is 2. The topological polar surface area (TPSA) is 69.6 Å². The molecule has 1 aliphatic rings. The predicted molar refractivity (Wildman–Crippen MR) is 86.2 cm³/mol. The van der Waals surface area contributed by atoms with Crippen molar-refractivity contribution in [1.82, 2.24) is 10.2 Å². The highest BCUT2D eigenvalue weighted by Gasteiger charge is 2.32. The number of rotatable bonds is 4. The second kappa shape index (κ2) is 6.62. The fourth-order valence-corrected chi connectivity index (χ4v) is 2.84. The van der Waals surface area contributed by atoms with Crippen LogP contribution in [-0.2, 0) is 4.79 Å². The lowest BCUT2D eigenvalue weighted by atomic mass is 10.0. The summed E-state index contributed by atoms with van der Waals surface area (Å²) in [5, 5.41) is 12.4. The van der Waals surface area contributed by atoms with Crippen LogP contribution in [0.25, 0.3) is 0 Å². The highest BCUT2D eigenvalue weighted by atomic mass is 16.3. The molecule has 118 valence electrons. The van der Waals surface area contributed by atoms with Crippen LogP contribution in [0.2, 0.25) is 0 Å². The van der Waals surface area contributed by atoms with Crippen LogP contribution in [0, 0.1) is 0 Å². The largest absolute Gasteiger partial charge is 0.508 e. The highest BCUT2D eigenvalue weighted by molar-refractivity contribution is 5.98. The Morgan fingerprint density at radius 1 is 1.17 bits per heavy atom. The summed E-state index contributed by atoms with van der Waals surface area (Å²) in [5.74, 6) is -0.144. The van der Waals surface area contributed by atoms with Crippen LogP contribution in [0.1, 0.15) is 22.0 Å². The van der Waals surface area contributed by atoms with Crippen LogP contribution in [-0.4, -0.2) is 41.3 Å². The fourth-order valence-electron chi connectivity index (χ4n) is 2.84. The van der Waals surface area contributed by atoms with Crippen LogP contribution >= 0.6 is 0 Å². The van der Waals surface area contributed by atoms with E-state index in [9.17, 15) is 14.7 Å². The van der Waals surface area contributed by atoms with Gasteiger partial charge in [0.25, 0.3) is 0 Å². The van der Waals surface area contributed by atoms with E-state index in [4.69, 9.17) is 0 Å². The van der Waals surface area contributed by atoms with E-state index in [1.54, 1.807) is 12.1 Å². The lowest BCUT2D eigenvalue weighted by molar-refractivity contribution is -0.128. The van der Waals surface area contributed by atoms with Crippen molar-refractivity contribution in [2.24, 2.45) is 0 Å². The van der Waals surface area contributed by atoms with E-state index in [-0.39, 0.29) is 24.0 Å². The molecule has 23 heavy (non-hydrogen) atoms. The molecule has 0 spiro atoms. The summed E-state index contributed by atoms with van der Waals surface area (Å²) < 4.78 is 0. The molecule has 1 heterocycles. The molecule has 5 heteroatoms. The molecule has 0 aliphatic carbocycles. The Hall–Kier alpha value is -2.66. The van der Waals surface area contributed by atoms with Gasteiger partial charge < -0.3 is 10.4 Å². The molecule has 0 radical (unpaired) electrons. The normalized spacial score (nSPS) is 18.4. The average Bonchev–Trinajstić information content (AvgIpc) is 2.56. The lowest BCUT2D eigenvalue weighted by Gasteiger charge is -2.34. The average molecular weight is 310 g/mol. The number of ketones is 1. The first-order valence-corrected chi connectivity index (χ1v) is 7.54. The first-order chi connectivity index (χ1) is 11.1. The molecular formula is C18H18N2O3. The van der Waals surface area contributed by atoms with E-state index in [0.29, 0.717) is 18.7 Å². The van der Waals surface area contributed by atoms with Gasteiger partial charge in [0.05, 0.1) is 6.54 Å². The third-order valence-corrected chi connectivity index (χ3v) is 3.94. The van der Waals surface area contributed by atoms with E-state index >= 15 is 0 Å². The number of Topliss-reactive ketones (excluding diaryl/α,β-unsaturated/α-hetero) is 1. The molecular weight excluding hydrogens is 292 g/mol. The molecule has 1 amide bonds. The first-order valence-electron chi connectivity index (χ1n) is 7.54. The SMILES string of the molecule is O=C(CN1CCNC(=O)C1c1ccccc1)c1cccc(O)c1. The number of aromatic hydroxyl groups is 1. The molecule has 0 bridgehead atoms. The number of phenolic OH excluding ortho intramolecular Hbond substituents is 1. The molecule has 1 aliphatic heterocycles. The summed E-state index contributed by atoms with van der Waals surface area (Å²) in [5.41, 5.74) is 1.32. The first kappa shape index (κ1) is 15.2. The van der Waals surface area contributed by atoms with Gasteiger partial charge in [-0.15, -0.1) is 0 Å². The van der Waals surface area contributed by atoms with Gasteiger partial charge in [-0.25, -0.2) is 0 Å². The summed E-state index contributed by atoms with van der Waals surface area (Å²) in [7, 11) is 0. The molecule has 1 atom stereocenters. The Kier molecular flexibility index (Phi) is 4.39. The van der Waals surface area contributed by atoms with Gasteiger partial charge in [0.15, 0.2) is 5.78 Å². The van der Waals surface area contributed by atoms with Crippen LogP contribution in [0.4, 0.5) is 0 Å². The Morgan fingerprint density at radius 2 is 1.96 bits per heavy atom. The Bertz CT molecular complexity index is 715. The number of nitrogens with zero attached hydrogens (tertiary/aromatic N) is 1. The summed E-state index contributed by atoms with van der Waals surface area (Å²) in [6.07, 6.45) is 0. The zero-order valence-corrected chi connectivity index (χ0v) is 12.6. The Balaban J connectivity index is 1.82. The highest BCUT2D eigenvalue weighted by Crippen LogP contribution is 2.23. The number of benzene rings is 2. The van der Waals surface area contributed by atoms with E-state index in [1.165, 1.54) is 12.1 Å². The van der Waals surface area contributed by atoms with E-state index in [0.717, 1.165) is 5.56 Å². The number of phenols is 1. The number of hydrogen-bond acceptors (Lipinski definition) is 4. The zero-order chi connectivity index (χ0) is 16.2. The lowest BCUT2D eigenvalue weighted by Crippen LogP contribution is -2.51. The maximum Gasteiger partial charge on any atom is 0.242 e. The Labute approximate surface area is 134 Å². The van der Waals surface area contributed by atoms with Gasteiger partial charge in [0.1, 0.15) is 11.8 Å². The van der Waals surface area contributed by atoms with Crippen molar-refractivity contribution in [1.29, 1.82) is 0 Å². The van der Waals surface area contributed by atoms with E-state index in [2.05, 4.69) is 5.32 Å². The molecule has 3 rings (SSSR count). The third-order valence-electron chi connectivity index (χ3n) is 3.94. The molecule has 0 saturated carbocycles. The van der Waals surface area contributed by atoms with Crippen LogP contribution in [0.3, 0.4) is 0 Å². The summed E-state index contributed by atoms with van der Waals surface area (Å²) >= 11 is 0. The van der Waals surface area contributed by atoms with Crippen molar-refractivity contribution in [2.45, 2.75) is 6.04 Å². The number of piperazine rings is 1. The molecule has 2 aromatic carbocycles. The van der Waals surface area contributed by atoms with Crippen molar-refractivity contribution in [3.63, 3.8) is 0 Å². The van der Waals surface area contributed by atoms with Crippen molar-refractivity contribution < 1.29 is 14.7 Å². The van der Waals surface area contributed by atoms with Gasteiger partial charge in [-0.3, -0.25) is 14.5 Å². The maximum absolute atomic E-state index is 12.5. The van der Waals surface area contributed by atoms with Crippen LogP contribution in [0.5, 0.6) is 5.75 Å². The number of hydrogen-bond donors (Lipinski definition) is 2. The van der Waals surface area contributed by atoms with Gasteiger partial charge in [0.2, 0.25) is 5.91 Å². The fraction of sp³-hybridized carbons (Fsp3) is 0.222. The minimum Gasteiger partial charge on any atom is -0.508 e. The van der Waals surface area contributed by atoms with Crippen LogP contribution in [0.15, 0.2) is 54.6 Å². The molecule has 1 unspecified atom stereocenters. The van der Waals surface area contributed by atoms with Crippen molar-refractivity contribution >= 4 is 11.7 Å². The van der Waals surface area contributed by atoms with E-state index < -0.39 is 6.04 Å². The van der Waals surface area contributed by atoms with Gasteiger partial charge in [-0.2, -0.15) is 0 Å². The van der Waals surface area contributed by atoms with Gasteiger partial charge >= 0.3 is 0 Å². The van der Waals surface area contributed by atoms with Crippen molar-refractivity contribution in [2.75, 3.05) is 19.6 Å². The zero-order valence-electron chi connectivity index (χ0n) is 12.6.